The SMILES string of the molecule is CCN(CC)CCNC(=O)CCc1c(C)nn(-c2ccccc2)c1Oc1ccc(C(=Cc2cc(OC)cc(OC)c2)C(=O)N(C)C)cc1. The van der Waals surface area contributed by atoms with Crippen molar-refractivity contribution in [1.29, 1.82) is 0 Å². The highest BCUT2D eigenvalue weighted by molar-refractivity contribution is 6.24. The molecule has 3 aromatic carbocycles. The minimum absolute atomic E-state index is 0.0112. The summed E-state index contributed by atoms with van der Waals surface area (Å²) in [6.45, 7) is 9.49. The van der Waals surface area contributed by atoms with Crippen LogP contribution in [0, 0.1) is 6.92 Å². The van der Waals surface area contributed by atoms with Crippen molar-refractivity contribution in [3.8, 4) is 28.8 Å². The second kappa shape index (κ2) is 17.2. The maximum absolute atomic E-state index is 13.4. The fourth-order valence-electron chi connectivity index (χ4n) is 5.30. The molecular weight excluding hydrogens is 606 g/mol. The van der Waals surface area contributed by atoms with Crippen LogP contribution in [0.5, 0.6) is 23.1 Å². The topological polar surface area (TPSA) is 98.2 Å². The third kappa shape index (κ3) is 9.25. The number of nitrogens with zero attached hydrogens (tertiary/aromatic N) is 4. The average Bonchev–Trinajstić information content (AvgIpc) is 3.42. The molecule has 0 saturated carbocycles. The van der Waals surface area contributed by atoms with Crippen LogP contribution in [0.3, 0.4) is 0 Å². The van der Waals surface area contributed by atoms with Crippen LogP contribution in [0.1, 0.15) is 42.7 Å². The molecule has 0 radical (unpaired) electrons. The summed E-state index contributed by atoms with van der Waals surface area (Å²) in [5.41, 5.74) is 4.48. The number of benzene rings is 3. The number of methoxy groups -OCH3 is 2. The fourth-order valence-corrected chi connectivity index (χ4v) is 5.30. The maximum atomic E-state index is 13.4. The summed E-state index contributed by atoms with van der Waals surface area (Å²) in [5.74, 6) is 2.20. The van der Waals surface area contributed by atoms with Gasteiger partial charge in [-0.3, -0.25) is 9.59 Å². The van der Waals surface area contributed by atoms with Crippen LogP contribution in [-0.2, 0) is 16.0 Å². The van der Waals surface area contributed by atoms with Gasteiger partial charge >= 0.3 is 0 Å². The molecule has 254 valence electrons. The van der Waals surface area contributed by atoms with E-state index in [4.69, 9.17) is 19.3 Å². The van der Waals surface area contributed by atoms with E-state index >= 15 is 0 Å². The van der Waals surface area contributed by atoms with E-state index in [2.05, 4.69) is 24.1 Å². The Morgan fingerprint density at radius 1 is 0.896 bits per heavy atom. The van der Waals surface area contributed by atoms with Crippen molar-refractivity contribution in [2.24, 2.45) is 0 Å². The Balaban J connectivity index is 1.62. The van der Waals surface area contributed by atoms with Crippen LogP contribution in [0.25, 0.3) is 17.3 Å². The Morgan fingerprint density at radius 2 is 1.54 bits per heavy atom. The Bertz CT molecular complexity index is 1670. The molecule has 4 rings (SSSR count). The number of rotatable bonds is 16. The molecule has 1 aromatic heterocycles. The fraction of sp³-hybridized carbons (Fsp3) is 0.342. The van der Waals surface area contributed by atoms with Gasteiger partial charge in [-0.2, -0.15) is 5.10 Å². The number of nitrogens with one attached hydrogen (secondary N) is 1. The van der Waals surface area contributed by atoms with E-state index in [9.17, 15) is 9.59 Å². The highest BCUT2D eigenvalue weighted by Crippen LogP contribution is 2.33. The molecule has 0 aliphatic rings. The van der Waals surface area contributed by atoms with Crippen LogP contribution in [0.4, 0.5) is 0 Å². The zero-order chi connectivity index (χ0) is 34.6. The molecule has 10 heteroatoms. The van der Waals surface area contributed by atoms with Crippen molar-refractivity contribution >= 4 is 23.5 Å². The molecule has 0 fully saturated rings. The number of hydrogen-bond acceptors (Lipinski definition) is 7. The first-order valence-corrected chi connectivity index (χ1v) is 16.2. The predicted molar refractivity (Wildman–Crippen MR) is 190 cm³/mol. The van der Waals surface area contributed by atoms with Gasteiger partial charge in [0.05, 0.1) is 25.6 Å². The molecule has 0 spiro atoms. The van der Waals surface area contributed by atoms with Gasteiger partial charge in [-0.05, 0) is 80.0 Å². The lowest BCUT2D eigenvalue weighted by molar-refractivity contribution is -0.122. The number of aromatic nitrogens is 2. The van der Waals surface area contributed by atoms with Gasteiger partial charge in [0.2, 0.25) is 11.8 Å². The molecule has 0 aliphatic heterocycles. The molecule has 1 heterocycles. The Morgan fingerprint density at radius 3 is 2.12 bits per heavy atom. The number of carbonyl (C=O) groups excluding carboxylic acids is 2. The number of aryl methyl sites for hydroxylation is 1. The normalized spacial score (nSPS) is 11.4. The van der Waals surface area contributed by atoms with E-state index in [1.807, 2.05) is 79.7 Å². The second-order valence-corrected chi connectivity index (χ2v) is 11.5. The highest BCUT2D eigenvalue weighted by atomic mass is 16.5. The summed E-state index contributed by atoms with van der Waals surface area (Å²) in [7, 11) is 6.62. The number of para-hydroxylation sites is 1. The summed E-state index contributed by atoms with van der Waals surface area (Å²) in [6, 6.07) is 22.6. The number of hydrogen-bond donors (Lipinski definition) is 1. The van der Waals surface area contributed by atoms with Crippen LogP contribution in [-0.4, -0.2) is 85.9 Å². The third-order valence-corrected chi connectivity index (χ3v) is 8.09. The summed E-state index contributed by atoms with van der Waals surface area (Å²) in [6.07, 6.45) is 2.60. The van der Waals surface area contributed by atoms with E-state index < -0.39 is 0 Å². The maximum Gasteiger partial charge on any atom is 0.253 e. The van der Waals surface area contributed by atoms with Gasteiger partial charge in [-0.25, -0.2) is 4.68 Å². The summed E-state index contributed by atoms with van der Waals surface area (Å²) in [4.78, 5) is 30.0. The van der Waals surface area contributed by atoms with Crippen molar-refractivity contribution in [3.05, 3.63) is 95.2 Å². The molecule has 0 bridgehead atoms. The lowest BCUT2D eigenvalue weighted by Gasteiger charge is -2.18. The van der Waals surface area contributed by atoms with Crippen molar-refractivity contribution in [2.45, 2.75) is 33.6 Å². The van der Waals surface area contributed by atoms with E-state index in [-0.39, 0.29) is 11.8 Å². The Hall–Kier alpha value is -5.09. The van der Waals surface area contributed by atoms with Crippen molar-refractivity contribution < 1.29 is 23.8 Å². The van der Waals surface area contributed by atoms with E-state index in [1.165, 1.54) is 0 Å². The highest BCUT2D eigenvalue weighted by Gasteiger charge is 2.21. The molecule has 0 aliphatic carbocycles. The first kappa shape index (κ1) is 35.8. The summed E-state index contributed by atoms with van der Waals surface area (Å²) >= 11 is 0. The number of ether oxygens (including phenoxy) is 3. The monoisotopic (exact) mass is 653 g/mol. The molecular formula is C38H47N5O5. The van der Waals surface area contributed by atoms with Gasteiger partial charge < -0.3 is 29.3 Å². The first-order valence-electron chi connectivity index (χ1n) is 16.2. The minimum Gasteiger partial charge on any atom is -0.497 e. The minimum atomic E-state index is -0.152. The zero-order valence-corrected chi connectivity index (χ0v) is 29.1. The molecule has 0 atom stereocenters. The van der Waals surface area contributed by atoms with E-state index in [0.717, 1.165) is 47.7 Å². The summed E-state index contributed by atoms with van der Waals surface area (Å²) in [5, 5.41) is 7.84. The largest absolute Gasteiger partial charge is 0.497 e. The van der Waals surface area contributed by atoms with Crippen LogP contribution >= 0.6 is 0 Å². The van der Waals surface area contributed by atoms with Gasteiger partial charge in [-0.15, -0.1) is 0 Å². The molecule has 0 saturated heterocycles. The number of likely N-dealkylation sites (N-methyl/N-ethyl adjacent to an activating group) is 2. The Labute approximate surface area is 283 Å². The second-order valence-electron chi connectivity index (χ2n) is 11.5. The van der Waals surface area contributed by atoms with Crippen molar-refractivity contribution in [3.63, 3.8) is 0 Å². The molecule has 0 unspecified atom stereocenters. The molecule has 10 nitrogen and oxygen atoms in total. The predicted octanol–water partition coefficient (Wildman–Crippen LogP) is 6.01. The smallest absolute Gasteiger partial charge is 0.253 e. The van der Waals surface area contributed by atoms with Crippen molar-refractivity contribution in [2.75, 3.05) is 54.5 Å². The van der Waals surface area contributed by atoms with E-state index in [1.54, 1.807) is 44.0 Å². The molecule has 1 N–H and O–H groups in total. The van der Waals surface area contributed by atoms with Crippen LogP contribution < -0.4 is 19.5 Å². The van der Waals surface area contributed by atoms with Gasteiger partial charge in [0.25, 0.3) is 5.91 Å². The molecule has 4 aromatic rings. The Kier molecular flexibility index (Phi) is 12.8. The van der Waals surface area contributed by atoms with Crippen molar-refractivity contribution in [1.82, 2.24) is 24.9 Å². The van der Waals surface area contributed by atoms with Gasteiger partial charge in [0, 0.05) is 50.8 Å². The molecule has 2 amide bonds. The average molecular weight is 654 g/mol. The standard InChI is InChI=1S/C38H47N5O5/c1-8-42(9-2)22-21-39-36(44)20-19-34-27(3)40-43(30-13-11-10-12-14-30)38(34)48-31-17-15-29(16-18-31)35(37(45)41(4)5)25-28-23-32(46-6)26-33(24-28)47-7/h10-18,23-26H,8-9,19-22H2,1-7H3,(H,39,44). The van der Waals surface area contributed by atoms with E-state index in [0.29, 0.717) is 48.1 Å². The third-order valence-electron chi connectivity index (χ3n) is 8.09. The summed E-state index contributed by atoms with van der Waals surface area (Å²) < 4.78 is 19.2. The quantitative estimate of drug-likeness (QED) is 0.117. The van der Waals surface area contributed by atoms with Gasteiger partial charge in [0.15, 0.2) is 0 Å². The first-order chi connectivity index (χ1) is 23.2. The molecule has 48 heavy (non-hydrogen) atoms. The van der Waals surface area contributed by atoms with Gasteiger partial charge in [0.1, 0.15) is 17.2 Å². The lowest BCUT2D eigenvalue weighted by Crippen LogP contribution is -2.34. The number of amides is 2. The van der Waals surface area contributed by atoms with Gasteiger partial charge in [-0.1, -0.05) is 44.2 Å². The van der Waals surface area contributed by atoms with Crippen LogP contribution in [0.15, 0.2) is 72.8 Å². The lowest BCUT2D eigenvalue weighted by atomic mass is 10.0. The van der Waals surface area contributed by atoms with Crippen LogP contribution in [0.2, 0.25) is 0 Å². The number of carbonyl (C=O) groups is 2. The zero-order valence-electron chi connectivity index (χ0n) is 29.1.